The molecule has 0 radical (unpaired) electrons. The fourth-order valence-electron chi connectivity index (χ4n) is 2.75. The molecule has 1 aliphatic carbocycles. The molecular weight excluding hydrogens is 252 g/mol. The highest BCUT2D eigenvalue weighted by Gasteiger charge is 2.39. The van der Waals surface area contributed by atoms with Gasteiger partial charge in [0.05, 0.1) is 0 Å². The lowest BCUT2D eigenvalue weighted by Crippen LogP contribution is -2.33. The van der Waals surface area contributed by atoms with Gasteiger partial charge in [-0.15, -0.1) is 0 Å². The van der Waals surface area contributed by atoms with E-state index in [1.165, 1.54) is 0 Å². The largest absolute Gasteiger partial charge is 0.384 e. The van der Waals surface area contributed by atoms with E-state index in [-0.39, 0.29) is 17.9 Å². The van der Waals surface area contributed by atoms with Crippen molar-refractivity contribution in [2.45, 2.75) is 39.0 Å². The number of aromatic nitrogens is 1. The summed E-state index contributed by atoms with van der Waals surface area (Å²) in [6.07, 6.45) is 5.02. The van der Waals surface area contributed by atoms with Crippen molar-refractivity contribution in [3.8, 4) is 11.8 Å². The Morgan fingerprint density at radius 2 is 2.20 bits per heavy atom. The number of carbonyl (C=O) groups excluding carboxylic acids is 1. The second-order valence-corrected chi connectivity index (χ2v) is 5.16. The van der Waals surface area contributed by atoms with Gasteiger partial charge in [-0.25, -0.2) is 4.98 Å². The Bertz CT molecular complexity index is 537. The SMILES string of the molecule is CCC1(C(=O)Nc2cccc(C#CCO)n2)CCCC1. The average Bonchev–Trinajstić information content (AvgIpc) is 2.95. The first kappa shape index (κ1) is 14.5. The van der Waals surface area contributed by atoms with E-state index in [0.29, 0.717) is 11.5 Å². The summed E-state index contributed by atoms with van der Waals surface area (Å²) >= 11 is 0. The van der Waals surface area contributed by atoms with Crippen molar-refractivity contribution >= 4 is 11.7 Å². The molecule has 0 aromatic carbocycles. The molecule has 1 amide bonds. The van der Waals surface area contributed by atoms with Crippen LogP contribution in [0.15, 0.2) is 18.2 Å². The first-order chi connectivity index (χ1) is 9.70. The molecule has 106 valence electrons. The summed E-state index contributed by atoms with van der Waals surface area (Å²) in [6.45, 7) is 1.87. The lowest BCUT2D eigenvalue weighted by molar-refractivity contribution is -0.125. The summed E-state index contributed by atoms with van der Waals surface area (Å²) in [6, 6.07) is 5.32. The highest BCUT2D eigenvalue weighted by atomic mass is 16.2. The molecule has 1 saturated carbocycles. The molecule has 2 N–H and O–H groups in total. The van der Waals surface area contributed by atoms with Gasteiger partial charge >= 0.3 is 0 Å². The van der Waals surface area contributed by atoms with E-state index in [2.05, 4.69) is 29.1 Å². The topological polar surface area (TPSA) is 62.2 Å². The maximum Gasteiger partial charge on any atom is 0.231 e. The Morgan fingerprint density at radius 3 is 2.85 bits per heavy atom. The molecule has 0 saturated heterocycles. The number of hydrogen-bond acceptors (Lipinski definition) is 3. The number of aliphatic hydroxyl groups is 1. The number of nitrogens with zero attached hydrogens (tertiary/aromatic N) is 1. The predicted octanol–water partition coefficient (Wildman–Crippen LogP) is 2.33. The molecule has 1 aromatic rings. The molecule has 1 fully saturated rings. The van der Waals surface area contributed by atoms with Gasteiger partial charge in [0.2, 0.25) is 5.91 Å². The predicted molar refractivity (Wildman–Crippen MR) is 78.0 cm³/mol. The summed E-state index contributed by atoms with van der Waals surface area (Å²) in [5.41, 5.74) is 0.322. The van der Waals surface area contributed by atoms with Gasteiger partial charge in [0, 0.05) is 5.41 Å². The Hall–Kier alpha value is -1.86. The zero-order valence-electron chi connectivity index (χ0n) is 11.8. The molecule has 0 atom stereocenters. The maximum atomic E-state index is 12.5. The molecule has 0 bridgehead atoms. The molecule has 2 rings (SSSR count). The van der Waals surface area contributed by atoms with Crippen LogP contribution < -0.4 is 5.32 Å². The van der Waals surface area contributed by atoms with E-state index in [1.807, 2.05) is 0 Å². The van der Waals surface area contributed by atoms with Crippen molar-refractivity contribution in [3.63, 3.8) is 0 Å². The Balaban J connectivity index is 2.11. The fourth-order valence-corrected chi connectivity index (χ4v) is 2.75. The minimum absolute atomic E-state index is 0.0669. The summed E-state index contributed by atoms with van der Waals surface area (Å²) in [5, 5.41) is 11.6. The number of hydrogen-bond donors (Lipinski definition) is 2. The molecule has 4 nitrogen and oxygen atoms in total. The van der Waals surface area contributed by atoms with Gasteiger partial charge in [-0.05, 0) is 37.3 Å². The minimum atomic E-state index is -0.228. The normalized spacial score (nSPS) is 16.3. The van der Waals surface area contributed by atoms with Crippen molar-refractivity contribution in [2.24, 2.45) is 5.41 Å². The van der Waals surface area contributed by atoms with E-state index in [1.54, 1.807) is 18.2 Å². The third-order valence-corrected chi connectivity index (χ3v) is 4.01. The number of rotatable bonds is 3. The van der Waals surface area contributed by atoms with Crippen LogP contribution in [-0.2, 0) is 4.79 Å². The molecule has 1 aliphatic rings. The van der Waals surface area contributed by atoms with Crippen molar-refractivity contribution in [1.29, 1.82) is 0 Å². The number of pyridine rings is 1. The smallest absolute Gasteiger partial charge is 0.231 e. The molecule has 0 aliphatic heterocycles. The van der Waals surface area contributed by atoms with Crippen LogP contribution in [0, 0.1) is 17.3 Å². The van der Waals surface area contributed by atoms with Crippen molar-refractivity contribution < 1.29 is 9.90 Å². The number of carbonyl (C=O) groups is 1. The number of nitrogens with one attached hydrogen (secondary N) is 1. The van der Waals surface area contributed by atoms with Crippen LogP contribution in [0.5, 0.6) is 0 Å². The summed E-state index contributed by atoms with van der Waals surface area (Å²) in [4.78, 5) is 16.7. The number of amides is 1. The van der Waals surface area contributed by atoms with Crippen LogP contribution in [0.3, 0.4) is 0 Å². The van der Waals surface area contributed by atoms with Crippen LogP contribution in [0.1, 0.15) is 44.7 Å². The molecule has 0 unspecified atom stereocenters. The van der Waals surface area contributed by atoms with Gasteiger partial charge < -0.3 is 10.4 Å². The van der Waals surface area contributed by atoms with Crippen molar-refractivity contribution in [2.75, 3.05) is 11.9 Å². The number of anilines is 1. The lowest BCUT2D eigenvalue weighted by atomic mass is 9.82. The monoisotopic (exact) mass is 272 g/mol. The molecule has 1 heterocycles. The third kappa shape index (κ3) is 3.17. The Morgan fingerprint density at radius 1 is 1.45 bits per heavy atom. The Labute approximate surface area is 119 Å². The van der Waals surface area contributed by atoms with E-state index in [4.69, 9.17) is 5.11 Å². The van der Waals surface area contributed by atoms with Crippen LogP contribution >= 0.6 is 0 Å². The highest BCUT2D eigenvalue weighted by Crippen LogP contribution is 2.41. The van der Waals surface area contributed by atoms with Crippen LogP contribution in [-0.4, -0.2) is 22.6 Å². The van der Waals surface area contributed by atoms with Gasteiger partial charge in [-0.1, -0.05) is 31.8 Å². The molecule has 0 spiro atoms. The standard InChI is InChI=1S/C16H20N2O2/c1-2-16(10-3-4-11-16)15(20)18-14-9-5-7-13(17-14)8-6-12-19/h5,7,9,19H,2-4,10-12H2,1H3,(H,17,18,20). The van der Waals surface area contributed by atoms with E-state index < -0.39 is 0 Å². The van der Waals surface area contributed by atoms with Gasteiger partial charge in [-0.2, -0.15) is 0 Å². The number of aliphatic hydroxyl groups excluding tert-OH is 1. The summed E-state index contributed by atoms with van der Waals surface area (Å²) < 4.78 is 0. The van der Waals surface area contributed by atoms with Crippen molar-refractivity contribution in [3.05, 3.63) is 23.9 Å². The average molecular weight is 272 g/mol. The second-order valence-electron chi connectivity index (χ2n) is 5.16. The van der Waals surface area contributed by atoms with Gasteiger partial charge in [-0.3, -0.25) is 4.79 Å². The van der Waals surface area contributed by atoms with E-state index in [9.17, 15) is 4.79 Å². The van der Waals surface area contributed by atoms with Crippen LogP contribution in [0.2, 0.25) is 0 Å². The first-order valence-corrected chi connectivity index (χ1v) is 7.08. The van der Waals surface area contributed by atoms with Gasteiger partial charge in [0.25, 0.3) is 0 Å². The van der Waals surface area contributed by atoms with E-state index in [0.717, 1.165) is 32.1 Å². The van der Waals surface area contributed by atoms with Crippen LogP contribution in [0.25, 0.3) is 0 Å². The van der Waals surface area contributed by atoms with Gasteiger partial charge in [0.1, 0.15) is 18.1 Å². The maximum absolute atomic E-state index is 12.5. The van der Waals surface area contributed by atoms with Crippen LogP contribution in [0.4, 0.5) is 5.82 Å². The molecule has 20 heavy (non-hydrogen) atoms. The summed E-state index contributed by atoms with van der Waals surface area (Å²) in [7, 11) is 0. The molecular formula is C16H20N2O2. The Kier molecular flexibility index (Phi) is 4.75. The quantitative estimate of drug-likeness (QED) is 0.830. The highest BCUT2D eigenvalue weighted by molar-refractivity contribution is 5.94. The second kappa shape index (κ2) is 6.53. The van der Waals surface area contributed by atoms with Gasteiger partial charge in [0.15, 0.2) is 0 Å². The third-order valence-electron chi connectivity index (χ3n) is 4.01. The molecule has 1 aromatic heterocycles. The minimum Gasteiger partial charge on any atom is -0.384 e. The zero-order valence-corrected chi connectivity index (χ0v) is 11.8. The summed E-state index contributed by atoms with van der Waals surface area (Å²) in [5.74, 6) is 5.88. The lowest BCUT2D eigenvalue weighted by Gasteiger charge is -2.25. The fraction of sp³-hybridized carbons (Fsp3) is 0.500. The van der Waals surface area contributed by atoms with E-state index >= 15 is 0 Å². The first-order valence-electron chi connectivity index (χ1n) is 7.08. The van der Waals surface area contributed by atoms with Crippen molar-refractivity contribution in [1.82, 2.24) is 4.98 Å². The zero-order chi connectivity index (χ0) is 14.4. The molecule has 4 heteroatoms.